The van der Waals surface area contributed by atoms with Crippen LogP contribution in [0.15, 0.2) is 54.6 Å². The summed E-state index contributed by atoms with van der Waals surface area (Å²) >= 11 is 0. The molecule has 0 amide bonds. The molecular weight excluding hydrogens is 204 g/mol. The molecule has 0 atom stereocenters. The molecule has 4 rings (SSSR count). The zero-order valence-corrected chi connectivity index (χ0v) is 9.40. The van der Waals surface area contributed by atoms with Crippen LogP contribution >= 0.6 is 0 Å². The van der Waals surface area contributed by atoms with Crippen molar-refractivity contribution >= 4 is 32.3 Å². The Kier molecular flexibility index (Phi) is 1.58. The van der Waals surface area contributed by atoms with Gasteiger partial charge in [0.25, 0.3) is 0 Å². The summed E-state index contributed by atoms with van der Waals surface area (Å²) in [6, 6.07) is 19.6. The van der Waals surface area contributed by atoms with Gasteiger partial charge in [0, 0.05) is 0 Å². The van der Waals surface area contributed by atoms with E-state index in [-0.39, 0.29) is 0 Å². The maximum atomic E-state index is 4.05. The predicted molar refractivity (Wildman–Crippen MR) is 74.6 cm³/mol. The number of hydrogen-bond donors (Lipinski definition) is 0. The molecule has 0 nitrogen and oxygen atoms in total. The van der Waals surface area contributed by atoms with E-state index in [0.29, 0.717) is 0 Å². The van der Waals surface area contributed by atoms with Crippen LogP contribution in [0.2, 0.25) is 0 Å². The Hall–Kier alpha value is -2.08. The monoisotopic (exact) mass is 215 g/mol. The highest BCUT2D eigenvalue weighted by Gasteiger charge is 2.07. The molecule has 0 heteroatoms. The van der Waals surface area contributed by atoms with Crippen molar-refractivity contribution in [2.24, 2.45) is 0 Å². The first kappa shape index (κ1) is 9.00. The lowest BCUT2D eigenvalue weighted by Gasteiger charge is -2.11. The molecule has 4 aromatic carbocycles. The van der Waals surface area contributed by atoms with Gasteiger partial charge in [0.15, 0.2) is 0 Å². The summed E-state index contributed by atoms with van der Waals surface area (Å²) in [4.78, 5) is 0. The zero-order valence-electron chi connectivity index (χ0n) is 9.40. The van der Waals surface area contributed by atoms with Crippen LogP contribution in [0.25, 0.3) is 32.3 Å². The molecule has 0 aliphatic heterocycles. The molecule has 17 heavy (non-hydrogen) atoms. The van der Waals surface area contributed by atoms with Crippen LogP contribution < -0.4 is 0 Å². The molecule has 0 spiro atoms. The molecule has 0 aliphatic carbocycles. The average Bonchev–Trinajstić information content (AvgIpc) is 2.35. The van der Waals surface area contributed by atoms with E-state index in [0.717, 1.165) is 5.56 Å². The topological polar surface area (TPSA) is 0 Å². The lowest BCUT2D eigenvalue weighted by molar-refractivity contribution is 1.70. The maximum absolute atomic E-state index is 4.05. The summed E-state index contributed by atoms with van der Waals surface area (Å²) in [5.74, 6) is 0. The van der Waals surface area contributed by atoms with Crippen LogP contribution in [-0.2, 0) is 0 Å². The Balaban J connectivity index is 2.45. The fraction of sp³-hybridized carbons (Fsp3) is 0. The molecule has 0 bridgehead atoms. The fourth-order valence-electron chi connectivity index (χ4n) is 2.82. The van der Waals surface area contributed by atoms with Gasteiger partial charge in [0.1, 0.15) is 0 Å². The zero-order chi connectivity index (χ0) is 11.4. The minimum absolute atomic E-state index is 1.08. The van der Waals surface area contributed by atoms with Gasteiger partial charge in [0.2, 0.25) is 0 Å². The standard InChI is InChI=1S/C17H11/c1-11-9-14-7-5-12-3-2-4-13-6-8-15(10-11)17(14)16(12)13/h2-10H,1H2. The molecule has 4 aromatic rings. The van der Waals surface area contributed by atoms with Crippen molar-refractivity contribution < 1.29 is 0 Å². The fourth-order valence-corrected chi connectivity index (χ4v) is 2.82. The van der Waals surface area contributed by atoms with E-state index in [4.69, 9.17) is 0 Å². The van der Waals surface area contributed by atoms with Gasteiger partial charge in [0.05, 0.1) is 0 Å². The molecule has 0 heterocycles. The molecule has 0 aliphatic rings. The van der Waals surface area contributed by atoms with Crippen molar-refractivity contribution in [2.45, 2.75) is 0 Å². The molecule has 79 valence electrons. The smallest absolute Gasteiger partial charge is 0.00266 e. The van der Waals surface area contributed by atoms with Gasteiger partial charge in [-0.25, -0.2) is 0 Å². The summed E-state index contributed by atoms with van der Waals surface area (Å²) in [5.41, 5.74) is 1.08. The Morgan fingerprint density at radius 1 is 0.588 bits per heavy atom. The van der Waals surface area contributed by atoms with Crippen molar-refractivity contribution in [3.05, 3.63) is 67.1 Å². The highest BCUT2D eigenvalue weighted by atomic mass is 14.1. The van der Waals surface area contributed by atoms with Crippen LogP contribution in [0, 0.1) is 6.92 Å². The maximum Gasteiger partial charge on any atom is -0.00266 e. The van der Waals surface area contributed by atoms with Gasteiger partial charge in [-0.3, -0.25) is 0 Å². The van der Waals surface area contributed by atoms with E-state index in [1.807, 2.05) is 0 Å². The Labute approximate surface area is 99.8 Å². The normalized spacial score (nSPS) is 11.8. The van der Waals surface area contributed by atoms with E-state index < -0.39 is 0 Å². The van der Waals surface area contributed by atoms with Crippen molar-refractivity contribution in [1.29, 1.82) is 0 Å². The van der Waals surface area contributed by atoms with Gasteiger partial charge in [-0.2, -0.15) is 0 Å². The third-order valence-electron chi connectivity index (χ3n) is 3.52. The first-order valence-corrected chi connectivity index (χ1v) is 5.82. The van der Waals surface area contributed by atoms with Gasteiger partial charge >= 0.3 is 0 Å². The predicted octanol–water partition coefficient (Wildman–Crippen LogP) is 4.77. The number of rotatable bonds is 0. The minimum atomic E-state index is 1.08. The van der Waals surface area contributed by atoms with Crippen LogP contribution in [0.4, 0.5) is 0 Å². The summed E-state index contributed by atoms with van der Waals surface area (Å²) in [5, 5.41) is 7.96. The molecule has 1 radical (unpaired) electrons. The number of hydrogen-bond acceptors (Lipinski definition) is 0. The van der Waals surface area contributed by atoms with Gasteiger partial charge in [-0.05, 0) is 44.8 Å². The van der Waals surface area contributed by atoms with E-state index in [9.17, 15) is 0 Å². The molecule has 0 N–H and O–H groups in total. The summed E-state index contributed by atoms with van der Waals surface area (Å²) in [7, 11) is 0. The Morgan fingerprint density at radius 3 is 1.65 bits per heavy atom. The largest absolute Gasteiger partial charge is 0.0610 e. The van der Waals surface area contributed by atoms with Gasteiger partial charge in [-0.15, -0.1) is 0 Å². The van der Waals surface area contributed by atoms with E-state index in [2.05, 4.69) is 61.5 Å². The quantitative estimate of drug-likeness (QED) is 0.371. The van der Waals surface area contributed by atoms with Crippen molar-refractivity contribution in [1.82, 2.24) is 0 Å². The van der Waals surface area contributed by atoms with Crippen molar-refractivity contribution in [2.75, 3.05) is 0 Å². The molecule has 0 fully saturated rings. The summed E-state index contributed by atoms with van der Waals surface area (Å²) in [6.45, 7) is 4.05. The lowest BCUT2D eigenvalue weighted by Crippen LogP contribution is -1.84. The van der Waals surface area contributed by atoms with Crippen LogP contribution in [0.3, 0.4) is 0 Å². The molecular formula is C17H11. The van der Waals surface area contributed by atoms with E-state index in [1.165, 1.54) is 32.3 Å². The van der Waals surface area contributed by atoms with Crippen LogP contribution in [0.5, 0.6) is 0 Å². The summed E-state index contributed by atoms with van der Waals surface area (Å²) < 4.78 is 0. The molecule has 0 aromatic heterocycles. The van der Waals surface area contributed by atoms with E-state index >= 15 is 0 Å². The molecule has 0 saturated carbocycles. The average molecular weight is 215 g/mol. The molecule has 0 saturated heterocycles. The number of benzene rings is 4. The summed E-state index contributed by atoms with van der Waals surface area (Å²) in [6.07, 6.45) is 0. The lowest BCUT2D eigenvalue weighted by atomic mass is 9.93. The molecule has 0 unspecified atom stereocenters. The van der Waals surface area contributed by atoms with Crippen molar-refractivity contribution in [3.63, 3.8) is 0 Å². The second-order valence-electron chi connectivity index (χ2n) is 4.63. The van der Waals surface area contributed by atoms with Crippen LogP contribution in [0.1, 0.15) is 5.56 Å². The first-order chi connectivity index (χ1) is 8.33. The van der Waals surface area contributed by atoms with Gasteiger partial charge in [-0.1, -0.05) is 54.6 Å². The SMILES string of the molecule is [CH2]c1cc2ccc3cccc4ccc(c1)c2c34. The second-order valence-corrected chi connectivity index (χ2v) is 4.63. The van der Waals surface area contributed by atoms with E-state index in [1.54, 1.807) is 0 Å². The highest BCUT2D eigenvalue weighted by Crippen LogP contribution is 2.34. The Morgan fingerprint density at radius 2 is 1.06 bits per heavy atom. The second kappa shape index (κ2) is 2.98. The van der Waals surface area contributed by atoms with Gasteiger partial charge < -0.3 is 0 Å². The first-order valence-electron chi connectivity index (χ1n) is 5.82. The third-order valence-corrected chi connectivity index (χ3v) is 3.52. The van der Waals surface area contributed by atoms with Crippen molar-refractivity contribution in [3.8, 4) is 0 Å². The Bertz CT molecular complexity index is 776. The third kappa shape index (κ3) is 1.13. The van der Waals surface area contributed by atoms with Crippen LogP contribution in [-0.4, -0.2) is 0 Å². The minimum Gasteiger partial charge on any atom is -0.0610 e. The highest BCUT2D eigenvalue weighted by molar-refractivity contribution is 6.23.